The van der Waals surface area contributed by atoms with E-state index in [0.29, 0.717) is 5.41 Å². The monoisotopic (exact) mass is 847 g/mol. The fourth-order valence-corrected chi connectivity index (χ4v) is 10.3. The Morgan fingerprint density at radius 3 is 1.25 bits per heavy atom. The maximum absolute atomic E-state index is 4.19. The van der Waals surface area contributed by atoms with E-state index in [4.69, 9.17) is 0 Å². The first-order valence-electron chi connectivity index (χ1n) is 24.4. The molecule has 2 aliphatic heterocycles. The summed E-state index contributed by atoms with van der Waals surface area (Å²) in [6.45, 7) is 15.9. The van der Waals surface area contributed by atoms with Gasteiger partial charge in [-0.2, -0.15) is 0 Å². The summed E-state index contributed by atoms with van der Waals surface area (Å²) in [6, 6.07) is 32.6. The van der Waals surface area contributed by atoms with E-state index in [1.165, 1.54) is 202 Å². The van der Waals surface area contributed by atoms with Crippen molar-refractivity contribution >= 4 is 46.3 Å². The predicted molar refractivity (Wildman–Crippen MR) is 271 cm³/mol. The van der Waals surface area contributed by atoms with E-state index in [1.807, 2.05) is 23.5 Å². The van der Waals surface area contributed by atoms with E-state index >= 15 is 0 Å². The summed E-state index contributed by atoms with van der Waals surface area (Å²) in [5.41, 5.74) is 8.23. The Morgan fingerprint density at radius 1 is 0.433 bits per heavy atom. The molecule has 0 spiro atoms. The molecule has 1 unspecified atom stereocenters. The third-order valence-electron chi connectivity index (χ3n) is 12.3. The Bertz CT molecular complexity index is 1690. The van der Waals surface area contributed by atoms with Crippen molar-refractivity contribution in [1.29, 1.82) is 0 Å². The number of hydrogen-bond donors (Lipinski definition) is 2. The van der Waals surface area contributed by atoms with Crippen molar-refractivity contribution in [3.8, 4) is 0 Å². The van der Waals surface area contributed by atoms with Gasteiger partial charge in [-0.25, -0.2) is 0 Å². The van der Waals surface area contributed by atoms with Crippen molar-refractivity contribution in [3.63, 3.8) is 0 Å². The second kappa shape index (κ2) is 29.3. The molecule has 0 fully saturated rings. The number of anilines is 4. The van der Waals surface area contributed by atoms with Gasteiger partial charge in [-0.05, 0) is 98.0 Å². The van der Waals surface area contributed by atoms with Gasteiger partial charge >= 0.3 is 0 Å². The summed E-state index contributed by atoms with van der Waals surface area (Å²) in [5.74, 6) is 0. The second-order valence-corrected chi connectivity index (χ2v) is 19.8. The quantitative estimate of drug-likeness (QED) is 0.0443. The first-order valence-corrected chi connectivity index (χ1v) is 26.0. The molecule has 2 N–H and O–H groups in total. The van der Waals surface area contributed by atoms with Crippen LogP contribution in [0.25, 0.3) is 0 Å². The lowest BCUT2D eigenvalue weighted by molar-refractivity contribution is 0.362. The molecule has 0 aliphatic carbocycles. The number of nitrogens with one attached hydrogen (secondary N) is 2. The summed E-state index contributed by atoms with van der Waals surface area (Å²) < 4.78 is 0. The highest BCUT2D eigenvalue weighted by Gasteiger charge is 2.27. The van der Waals surface area contributed by atoms with Crippen molar-refractivity contribution < 1.29 is 0 Å². The smallest absolute Gasteiger partial charge is 0.0526 e. The average Bonchev–Trinajstić information content (AvgIpc) is 3.28. The summed E-state index contributed by atoms with van der Waals surface area (Å²) in [4.78, 5) is 5.31. The van der Waals surface area contributed by atoms with Crippen LogP contribution in [0.3, 0.4) is 0 Å². The van der Waals surface area contributed by atoms with Gasteiger partial charge in [-0.15, -0.1) is 0 Å². The Morgan fingerprint density at radius 2 is 0.783 bits per heavy atom. The molecular formula is C56H82N2S2. The molecule has 2 nitrogen and oxygen atoms in total. The highest BCUT2D eigenvalue weighted by atomic mass is 32.2. The zero-order valence-corrected chi connectivity index (χ0v) is 40.3. The van der Waals surface area contributed by atoms with Gasteiger partial charge in [0.15, 0.2) is 0 Å². The number of rotatable bonds is 25. The molecule has 60 heavy (non-hydrogen) atoms. The Balaban J connectivity index is 0.000000221. The minimum Gasteiger partial charge on any atom is -0.354 e. The number of para-hydroxylation sites is 3. The van der Waals surface area contributed by atoms with Crippen LogP contribution in [0.4, 0.5) is 22.7 Å². The molecule has 6 rings (SSSR count). The molecule has 0 amide bonds. The van der Waals surface area contributed by atoms with Crippen LogP contribution in [-0.2, 0) is 5.41 Å². The zero-order valence-electron chi connectivity index (χ0n) is 38.7. The minimum absolute atomic E-state index is 0.297. The highest BCUT2D eigenvalue weighted by molar-refractivity contribution is 8.00. The standard InChI is InChI=1S/C28H41NS.C16H32.C12H9NS/c1-4-6-8-10-11-15-21-28(3,20-14-9-7-5-2)23-18-19-25-27(22-23)30-26-17-13-12-16-24(26)29-25;1-4-6-8-10-11-13-15-16(3)14-12-9-7-5-2;1-3-7-11-9(5-1)13-10-6-2-4-8-12(10)14-11/h12-13,16-19,22,29H,4-11,14-15,20-21H2,1-3H3;3-15H2,1-2H3;1-8,13H. The Labute approximate surface area is 377 Å². The third-order valence-corrected chi connectivity index (χ3v) is 14.5. The van der Waals surface area contributed by atoms with Crippen molar-refractivity contribution in [2.75, 3.05) is 10.6 Å². The van der Waals surface area contributed by atoms with Crippen LogP contribution in [-0.4, -0.2) is 0 Å². The van der Waals surface area contributed by atoms with Crippen LogP contribution < -0.4 is 10.6 Å². The summed E-state index contributed by atoms with van der Waals surface area (Å²) >= 11 is 3.74. The molecule has 328 valence electrons. The molecule has 4 heteroatoms. The van der Waals surface area contributed by atoms with Gasteiger partial charge < -0.3 is 10.6 Å². The van der Waals surface area contributed by atoms with Gasteiger partial charge in [0.1, 0.15) is 0 Å². The van der Waals surface area contributed by atoms with Gasteiger partial charge in [-0.1, -0.05) is 228 Å². The summed E-state index contributed by atoms with van der Waals surface area (Å²) in [5, 5.41) is 7.05. The van der Waals surface area contributed by atoms with Crippen LogP contribution in [0, 0.1) is 0 Å². The minimum atomic E-state index is 0.297. The van der Waals surface area contributed by atoms with Gasteiger partial charge in [0.05, 0.1) is 22.7 Å². The highest BCUT2D eigenvalue weighted by Crippen LogP contribution is 2.47. The van der Waals surface area contributed by atoms with Crippen LogP contribution in [0.1, 0.15) is 194 Å². The van der Waals surface area contributed by atoms with Crippen LogP contribution in [0.5, 0.6) is 0 Å². The predicted octanol–water partition coefficient (Wildman–Crippen LogP) is 20.0. The lowest BCUT2D eigenvalue weighted by Gasteiger charge is -2.32. The first kappa shape index (κ1) is 49.6. The van der Waals surface area contributed by atoms with Gasteiger partial charge in [-0.3, -0.25) is 0 Å². The molecule has 1 atom stereocenters. The van der Waals surface area contributed by atoms with E-state index in [9.17, 15) is 0 Å². The molecule has 0 aromatic heterocycles. The lowest BCUT2D eigenvalue weighted by atomic mass is 9.74. The van der Waals surface area contributed by atoms with Gasteiger partial charge in [0.25, 0.3) is 0 Å². The van der Waals surface area contributed by atoms with Crippen molar-refractivity contribution in [3.05, 3.63) is 109 Å². The van der Waals surface area contributed by atoms with E-state index in [0.717, 1.165) is 0 Å². The SMILES string of the molecule is C=C(CCCCCC)CCCCCCCC.CCCCCCCCC(C)(CCCCCC)c1ccc2c(c1)Sc1ccccc1N2.c1ccc2c(c1)Nc1ccccc1S2. The topological polar surface area (TPSA) is 24.1 Å². The Kier molecular flexibility index (Phi) is 24.2. The fourth-order valence-electron chi connectivity index (χ4n) is 8.32. The summed E-state index contributed by atoms with van der Waals surface area (Å²) in [7, 11) is 0. The molecule has 4 aromatic rings. The molecule has 0 saturated heterocycles. The van der Waals surface area contributed by atoms with Crippen LogP contribution in [0.15, 0.2) is 123 Å². The number of unbranched alkanes of at least 4 members (excludes halogenated alkanes) is 16. The first-order chi connectivity index (χ1) is 29.4. The van der Waals surface area contributed by atoms with Crippen LogP contribution in [0.2, 0.25) is 0 Å². The van der Waals surface area contributed by atoms with Gasteiger partial charge in [0.2, 0.25) is 0 Å². The molecule has 2 heterocycles. The fraction of sp³-hybridized carbons (Fsp3) is 0.536. The maximum Gasteiger partial charge on any atom is 0.0526 e. The molecular weight excluding hydrogens is 765 g/mol. The van der Waals surface area contributed by atoms with E-state index in [2.05, 4.69) is 143 Å². The number of benzene rings is 4. The van der Waals surface area contributed by atoms with Crippen molar-refractivity contribution in [2.24, 2.45) is 0 Å². The molecule has 0 bridgehead atoms. The molecule has 2 aliphatic rings. The maximum atomic E-state index is 4.19. The van der Waals surface area contributed by atoms with Crippen molar-refractivity contribution in [2.45, 2.75) is 214 Å². The molecule has 4 aromatic carbocycles. The third kappa shape index (κ3) is 17.7. The summed E-state index contributed by atoms with van der Waals surface area (Å²) in [6.07, 6.45) is 32.8. The number of fused-ring (bicyclic) bond motifs is 4. The van der Waals surface area contributed by atoms with E-state index in [-0.39, 0.29) is 0 Å². The number of hydrogen-bond acceptors (Lipinski definition) is 4. The lowest BCUT2D eigenvalue weighted by Crippen LogP contribution is -2.22. The average molecular weight is 847 g/mol. The number of allylic oxidation sites excluding steroid dienone is 1. The molecule has 0 saturated carbocycles. The van der Waals surface area contributed by atoms with Gasteiger partial charge in [0, 0.05) is 19.6 Å². The van der Waals surface area contributed by atoms with E-state index < -0.39 is 0 Å². The van der Waals surface area contributed by atoms with E-state index in [1.54, 1.807) is 5.56 Å². The van der Waals surface area contributed by atoms with Crippen LogP contribution >= 0.6 is 23.5 Å². The Hall–Kier alpha value is -3.08. The normalized spacial score (nSPS) is 13.0. The largest absolute Gasteiger partial charge is 0.354 e. The second-order valence-electron chi connectivity index (χ2n) is 17.6. The zero-order chi connectivity index (χ0) is 42.7. The van der Waals surface area contributed by atoms with Crippen molar-refractivity contribution in [1.82, 2.24) is 0 Å². The molecule has 0 radical (unpaired) electrons.